The third-order valence-electron chi connectivity index (χ3n) is 5.92. The van der Waals surface area contributed by atoms with Crippen molar-refractivity contribution in [3.63, 3.8) is 0 Å². The van der Waals surface area contributed by atoms with Gasteiger partial charge < -0.3 is 25.2 Å². The molecule has 0 spiro atoms. The molecule has 4 N–H and O–H groups in total. The van der Waals surface area contributed by atoms with E-state index in [1.165, 1.54) is 4.90 Å². The van der Waals surface area contributed by atoms with Gasteiger partial charge in [0.2, 0.25) is 13.3 Å². The van der Waals surface area contributed by atoms with Gasteiger partial charge in [-0.3, -0.25) is 14.2 Å². The highest BCUT2D eigenvalue weighted by Gasteiger charge is 2.44. The SMILES string of the molecule is CC(C)C[C@H](N)C(=O)N1CCC[C@@H]1P(=O)(O)C[C@@H](Cc1cc(-c2ccccc2)no1)C(=O)O. The fourth-order valence-electron chi connectivity index (χ4n) is 4.31. The number of carboxylic acid groups (broad SMARTS) is 1. The molecular weight excluding hydrogens is 445 g/mol. The summed E-state index contributed by atoms with van der Waals surface area (Å²) in [6.45, 7) is 4.26. The maximum atomic E-state index is 13.3. The predicted octanol–water partition coefficient (Wildman–Crippen LogP) is 3.18. The number of carbonyl (C=O) groups is 2. The Morgan fingerprint density at radius 1 is 1.30 bits per heavy atom. The molecule has 10 heteroatoms. The Morgan fingerprint density at radius 3 is 2.64 bits per heavy atom. The van der Waals surface area contributed by atoms with Crippen LogP contribution in [0.1, 0.15) is 38.9 Å². The minimum atomic E-state index is -4.02. The van der Waals surface area contributed by atoms with Gasteiger partial charge >= 0.3 is 5.97 Å². The summed E-state index contributed by atoms with van der Waals surface area (Å²) in [5.74, 6) is -3.09. The molecule has 33 heavy (non-hydrogen) atoms. The second kappa shape index (κ2) is 10.6. The molecule has 1 fully saturated rings. The smallest absolute Gasteiger partial charge is 0.307 e. The van der Waals surface area contributed by atoms with E-state index < -0.39 is 37.2 Å². The second-order valence-corrected chi connectivity index (χ2v) is 11.6. The maximum Gasteiger partial charge on any atom is 0.307 e. The largest absolute Gasteiger partial charge is 0.481 e. The molecule has 1 aliphatic heterocycles. The number of rotatable bonds is 10. The highest BCUT2D eigenvalue weighted by Crippen LogP contribution is 2.53. The highest BCUT2D eigenvalue weighted by molar-refractivity contribution is 7.58. The Kier molecular flexibility index (Phi) is 8.10. The maximum absolute atomic E-state index is 13.3. The van der Waals surface area contributed by atoms with E-state index in [1.54, 1.807) is 6.07 Å². The third kappa shape index (κ3) is 6.31. The molecule has 180 valence electrons. The Labute approximate surface area is 193 Å². The molecule has 0 bridgehead atoms. The van der Waals surface area contributed by atoms with Crippen LogP contribution in [0.25, 0.3) is 11.3 Å². The van der Waals surface area contributed by atoms with Gasteiger partial charge in [0.25, 0.3) is 0 Å². The van der Waals surface area contributed by atoms with Crippen LogP contribution in [-0.2, 0) is 20.6 Å². The summed E-state index contributed by atoms with van der Waals surface area (Å²) in [6.07, 6.45) is 0.867. The molecule has 1 aliphatic rings. The van der Waals surface area contributed by atoms with Gasteiger partial charge in [-0.25, -0.2) is 0 Å². The molecule has 2 heterocycles. The average molecular weight is 477 g/mol. The zero-order valence-corrected chi connectivity index (χ0v) is 19.9. The first-order valence-corrected chi connectivity index (χ1v) is 13.1. The van der Waals surface area contributed by atoms with Crippen LogP contribution in [0.5, 0.6) is 0 Å². The molecule has 1 amide bonds. The normalized spacial score (nSPS) is 19.9. The van der Waals surface area contributed by atoms with E-state index in [2.05, 4.69) is 5.16 Å². The van der Waals surface area contributed by atoms with Gasteiger partial charge in [0.1, 0.15) is 17.2 Å². The number of amides is 1. The zero-order chi connectivity index (χ0) is 24.2. The van der Waals surface area contributed by atoms with Crippen molar-refractivity contribution in [2.45, 2.75) is 51.4 Å². The lowest BCUT2D eigenvalue weighted by Crippen LogP contribution is -2.46. The van der Waals surface area contributed by atoms with Crippen molar-refractivity contribution in [1.29, 1.82) is 0 Å². The number of aromatic nitrogens is 1. The summed E-state index contributed by atoms with van der Waals surface area (Å²) in [4.78, 5) is 37.0. The molecule has 1 aromatic heterocycles. The van der Waals surface area contributed by atoms with Crippen molar-refractivity contribution in [2.24, 2.45) is 17.6 Å². The lowest BCUT2D eigenvalue weighted by atomic mass is 10.0. The Bertz CT molecular complexity index is 1010. The van der Waals surface area contributed by atoms with E-state index in [-0.39, 0.29) is 18.2 Å². The third-order valence-corrected chi connectivity index (χ3v) is 8.35. The summed E-state index contributed by atoms with van der Waals surface area (Å²) in [6, 6.07) is 10.2. The van der Waals surface area contributed by atoms with E-state index in [1.807, 2.05) is 44.2 Å². The fourth-order valence-corrected chi connectivity index (χ4v) is 6.72. The highest BCUT2D eigenvalue weighted by atomic mass is 31.2. The van der Waals surface area contributed by atoms with Crippen LogP contribution in [0.15, 0.2) is 40.9 Å². The molecule has 0 aliphatic carbocycles. The number of benzene rings is 1. The van der Waals surface area contributed by atoms with Crippen molar-refractivity contribution in [3.05, 3.63) is 42.2 Å². The monoisotopic (exact) mass is 477 g/mol. The molecule has 3 rings (SSSR count). The quantitative estimate of drug-likeness (QED) is 0.442. The van der Waals surface area contributed by atoms with Gasteiger partial charge in [-0.05, 0) is 25.2 Å². The molecule has 4 atom stereocenters. The van der Waals surface area contributed by atoms with Crippen LogP contribution in [0, 0.1) is 11.8 Å². The van der Waals surface area contributed by atoms with Crippen LogP contribution >= 0.6 is 7.37 Å². The van der Waals surface area contributed by atoms with E-state index in [0.717, 1.165) is 5.56 Å². The number of likely N-dealkylation sites (tertiary alicyclic amines) is 1. The van der Waals surface area contributed by atoms with Crippen molar-refractivity contribution in [3.8, 4) is 11.3 Å². The van der Waals surface area contributed by atoms with Crippen molar-refractivity contribution in [2.75, 3.05) is 12.7 Å². The van der Waals surface area contributed by atoms with E-state index in [9.17, 15) is 24.2 Å². The molecular formula is C23H32N3O6P. The number of hydrogen-bond acceptors (Lipinski definition) is 6. The van der Waals surface area contributed by atoms with Gasteiger partial charge in [-0.2, -0.15) is 0 Å². The number of hydrogen-bond donors (Lipinski definition) is 3. The van der Waals surface area contributed by atoms with Crippen LogP contribution in [-0.4, -0.2) is 56.5 Å². The lowest BCUT2D eigenvalue weighted by Gasteiger charge is -2.31. The fraction of sp³-hybridized carbons (Fsp3) is 0.522. The molecule has 0 saturated carbocycles. The summed E-state index contributed by atoms with van der Waals surface area (Å²) in [7, 11) is -4.02. The average Bonchev–Trinajstić information content (AvgIpc) is 3.43. The number of nitrogens with zero attached hydrogens (tertiary/aromatic N) is 2. The van der Waals surface area contributed by atoms with Crippen LogP contribution in [0.3, 0.4) is 0 Å². The summed E-state index contributed by atoms with van der Waals surface area (Å²) < 4.78 is 18.6. The molecule has 1 aromatic carbocycles. The van der Waals surface area contributed by atoms with Gasteiger partial charge in [-0.1, -0.05) is 49.3 Å². The van der Waals surface area contributed by atoms with Gasteiger partial charge in [0, 0.05) is 30.8 Å². The van der Waals surface area contributed by atoms with Gasteiger partial charge in [0.05, 0.1) is 12.0 Å². The van der Waals surface area contributed by atoms with Crippen molar-refractivity contribution < 1.29 is 28.7 Å². The standard InChI is InChI=1S/C23H32N3O6P/c1-15(2)11-19(24)22(27)26-10-6-9-21(26)33(30,31)14-17(23(28)29)12-18-13-20(25-32-18)16-7-4-3-5-8-16/h3-5,7-8,13,15,17,19,21H,6,9-12,14,24H2,1-2H3,(H,28,29)(H,30,31)/t17-,19+,21+/m1/s1. The van der Waals surface area contributed by atoms with Gasteiger partial charge in [0.15, 0.2) is 0 Å². The first-order valence-electron chi connectivity index (χ1n) is 11.2. The van der Waals surface area contributed by atoms with Crippen LogP contribution in [0.2, 0.25) is 0 Å². The molecule has 0 radical (unpaired) electrons. The molecule has 1 saturated heterocycles. The van der Waals surface area contributed by atoms with Crippen LogP contribution < -0.4 is 5.73 Å². The first kappa shape index (κ1) is 25.1. The Hall–Kier alpha value is -2.48. The van der Waals surface area contributed by atoms with Crippen molar-refractivity contribution in [1.82, 2.24) is 10.1 Å². The summed E-state index contributed by atoms with van der Waals surface area (Å²) in [5.41, 5.74) is 7.42. The minimum absolute atomic E-state index is 0.0761. The van der Waals surface area contributed by atoms with Crippen molar-refractivity contribution >= 4 is 19.2 Å². The number of nitrogens with two attached hydrogens (primary N) is 1. The molecule has 9 nitrogen and oxygen atoms in total. The van der Waals surface area contributed by atoms with E-state index in [4.69, 9.17) is 10.3 Å². The molecule has 1 unspecified atom stereocenters. The minimum Gasteiger partial charge on any atom is -0.481 e. The van der Waals surface area contributed by atoms with Gasteiger partial charge in [-0.15, -0.1) is 0 Å². The zero-order valence-electron chi connectivity index (χ0n) is 19.0. The number of carbonyl (C=O) groups excluding carboxylic acids is 1. The second-order valence-electron chi connectivity index (χ2n) is 9.11. The lowest BCUT2D eigenvalue weighted by molar-refractivity contribution is -0.141. The van der Waals surface area contributed by atoms with E-state index in [0.29, 0.717) is 37.3 Å². The first-order chi connectivity index (χ1) is 15.6. The molecule has 2 aromatic rings. The summed E-state index contributed by atoms with van der Waals surface area (Å²) in [5, 5.41) is 13.7. The topological polar surface area (TPSA) is 147 Å². The predicted molar refractivity (Wildman–Crippen MR) is 124 cm³/mol. The van der Waals surface area contributed by atoms with Crippen LogP contribution in [0.4, 0.5) is 0 Å². The summed E-state index contributed by atoms with van der Waals surface area (Å²) >= 11 is 0. The van der Waals surface area contributed by atoms with E-state index >= 15 is 0 Å². The Balaban J connectivity index is 1.72. The Morgan fingerprint density at radius 2 is 2.00 bits per heavy atom. The number of carboxylic acids is 1. The number of aliphatic carboxylic acids is 1.